The SMILES string of the molecule is Nc1cc(S(=O)O)cc2ccc(N=Nc3ccccc3)c(O)c12. The van der Waals surface area contributed by atoms with Crippen molar-refractivity contribution in [1.82, 2.24) is 0 Å². The van der Waals surface area contributed by atoms with Gasteiger partial charge in [-0.25, -0.2) is 4.21 Å². The van der Waals surface area contributed by atoms with Crippen molar-refractivity contribution in [2.75, 3.05) is 5.73 Å². The zero-order chi connectivity index (χ0) is 16.4. The monoisotopic (exact) mass is 327 g/mol. The van der Waals surface area contributed by atoms with Crippen molar-refractivity contribution >= 4 is 38.9 Å². The molecule has 0 fully saturated rings. The molecule has 3 aromatic carbocycles. The molecule has 0 heterocycles. The first-order valence-corrected chi connectivity index (χ1v) is 7.80. The molecule has 0 saturated heterocycles. The lowest BCUT2D eigenvalue weighted by Gasteiger charge is -2.08. The Labute approximate surface area is 134 Å². The Morgan fingerprint density at radius 3 is 2.43 bits per heavy atom. The third kappa shape index (κ3) is 3.05. The van der Waals surface area contributed by atoms with Crippen LogP contribution in [0.5, 0.6) is 5.75 Å². The summed E-state index contributed by atoms with van der Waals surface area (Å²) < 4.78 is 20.3. The number of rotatable bonds is 3. The average Bonchev–Trinajstić information content (AvgIpc) is 2.54. The summed E-state index contributed by atoms with van der Waals surface area (Å²) in [5.74, 6) is -0.116. The van der Waals surface area contributed by atoms with Crippen LogP contribution in [0.1, 0.15) is 0 Å². The molecule has 1 unspecified atom stereocenters. The smallest absolute Gasteiger partial charge is 0.186 e. The lowest BCUT2D eigenvalue weighted by atomic mass is 10.1. The van der Waals surface area contributed by atoms with Crippen LogP contribution in [-0.2, 0) is 11.1 Å². The molecule has 6 nitrogen and oxygen atoms in total. The summed E-state index contributed by atoms with van der Waals surface area (Å²) in [6.45, 7) is 0. The van der Waals surface area contributed by atoms with Crippen molar-refractivity contribution in [3.05, 3.63) is 54.6 Å². The van der Waals surface area contributed by atoms with Gasteiger partial charge in [0.15, 0.2) is 16.8 Å². The number of phenols is 1. The molecular formula is C16H13N3O3S. The van der Waals surface area contributed by atoms with Crippen LogP contribution in [0.25, 0.3) is 10.8 Å². The van der Waals surface area contributed by atoms with Crippen LogP contribution in [0, 0.1) is 0 Å². The van der Waals surface area contributed by atoms with Gasteiger partial charge in [0.1, 0.15) is 5.69 Å². The van der Waals surface area contributed by atoms with Crippen LogP contribution in [0.3, 0.4) is 0 Å². The van der Waals surface area contributed by atoms with Gasteiger partial charge >= 0.3 is 0 Å². The van der Waals surface area contributed by atoms with E-state index in [2.05, 4.69) is 10.2 Å². The molecule has 0 aliphatic carbocycles. The molecule has 0 aliphatic rings. The minimum absolute atomic E-state index is 0.116. The van der Waals surface area contributed by atoms with Crippen LogP contribution in [0.4, 0.5) is 17.1 Å². The molecule has 4 N–H and O–H groups in total. The van der Waals surface area contributed by atoms with E-state index in [1.54, 1.807) is 24.3 Å². The van der Waals surface area contributed by atoms with Crippen molar-refractivity contribution < 1.29 is 13.9 Å². The predicted octanol–water partition coefficient (Wildman–Crippen LogP) is 4.12. The van der Waals surface area contributed by atoms with Gasteiger partial charge in [-0.15, -0.1) is 5.11 Å². The van der Waals surface area contributed by atoms with Gasteiger partial charge in [-0.2, -0.15) is 5.11 Å². The third-order valence-electron chi connectivity index (χ3n) is 3.30. The second-order valence-corrected chi connectivity index (χ2v) is 5.80. The van der Waals surface area contributed by atoms with Gasteiger partial charge in [-0.05, 0) is 35.7 Å². The number of nitrogen functional groups attached to an aromatic ring is 1. The number of nitrogens with zero attached hydrogens (tertiary/aromatic N) is 2. The normalized spacial score (nSPS) is 12.7. The van der Waals surface area contributed by atoms with E-state index < -0.39 is 11.1 Å². The molecule has 0 radical (unpaired) electrons. The van der Waals surface area contributed by atoms with E-state index in [-0.39, 0.29) is 22.0 Å². The first kappa shape index (κ1) is 15.1. The fourth-order valence-corrected chi connectivity index (χ4v) is 2.68. The standard InChI is InChI=1S/C16H13N3O3S/c17-13-9-12(23(21)22)8-10-6-7-14(16(20)15(10)13)19-18-11-4-2-1-3-5-11/h1-9,20H,17H2,(H,21,22). The maximum absolute atomic E-state index is 11.2. The summed E-state index contributed by atoms with van der Waals surface area (Å²) in [5, 5.41) is 19.4. The van der Waals surface area contributed by atoms with Crippen molar-refractivity contribution in [1.29, 1.82) is 0 Å². The van der Waals surface area contributed by atoms with Crippen LogP contribution >= 0.6 is 0 Å². The number of hydrogen-bond acceptors (Lipinski definition) is 5. The van der Waals surface area contributed by atoms with E-state index in [9.17, 15) is 9.32 Å². The number of benzene rings is 3. The Kier molecular flexibility index (Phi) is 4.05. The van der Waals surface area contributed by atoms with E-state index in [4.69, 9.17) is 10.3 Å². The Hall–Kier alpha value is -2.77. The molecule has 23 heavy (non-hydrogen) atoms. The lowest BCUT2D eigenvalue weighted by Crippen LogP contribution is -1.94. The van der Waals surface area contributed by atoms with Gasteiger partial charge in [0.05, 0.1) is 10.6 Å². The Balaban J connectivity index is 2.09. The molecule has 0 aliphatic heterocycles. The zero-order valence-corrected chi connectivity index (χ0v) is 12.7. The molecule has 3 rings (SSSR count). The first-order chi connectivity index (χ1) is 11.1. The zero-order valence-electron chi connectivity index (χ0n) is 11.9. The molecule has 116 valence electrons. The highest BCUT2D eigenvalue weighted by Gasteiger charge is 2.12. The second-order valence-electron chi connectivity index (χ2n) is 4.83. The summed E-state index contributed by atoms with van der Waals surface area (Å²) in [6, 6.07) is 15.2. The quantitative estimate of drug-likeness (QED) is 0.382. The number of azo groups is 1. The summed E-state index contributed by atoms with van der Waals surface area (Å²) in [7, 11) is 0. The highest BCUT2D eigenvalue weighted by atomic mass is 32.2. The van der Waals surface area contributed by atoms with E-state index in [1.807, 2.05) is 18.2 Å². The molecule has 0 spiro atoms. The molecule has 3 aromatic rings. The number of anilines is 1. The van der Waals surface area contributed by atoms with E-state index >= 15 is 0 Å². The summed E-state index contributed by atoms with van der Waals surface area (Å²) in [5.41, 5.74) is 7.02. The maximum Gasteiger partial charge on any atom is 0.186 e. The van der Waals surface area contributed by atoms with Crippen LogP contribution < -0.4 is 5.73 Å². The van der Waals surface area contributed by atoms with Gasteiger partial charge < -0.3 is 15.4 Å². The molecule has 0 bridgehead atoms. The van der Waals surface area contributed by atoms with Gasteiger partial charge in [-0.3, -0.25) is 0 Å². The van der Waals surface area contributed by atoms with Crippen molar-refractivity contribution in [3.63, 3.8) is 0 Å². The van der Waals surface area contributed by atoms with Crippen LogP contribution in [-0.4, -0.2) is 13.9 Å². The van der Waals surface area contributed by atoms with Gasteiger partial charge in [0.25, 0.3) is 0 Å². The number of phenolic OH excluding ortho intramolecular Hbond substituents is 1. The van der Waals surface area contributed by atoms with E-state index in [0.29, 0.717) is 16.5 Å². The highest BCUT2D eigenvalue weighted by Crippen LogP contribution is 2.39. The fourth-order valence-electron chi connectivity index (χ4n) is 2.23. The van der Waals surface area contributed by atoms with E-state index in [1.165, 1.54) is 12.1 Å². The lowest BCUT2D eigenvalue weighted by molar-refractivity contribution is 0.483. The maximum atomic E-state index is 11.2. The van der Waals surface area contributed by atoms with Gasteiger partial charge in [-0.1, -0.05) is 24.3 Å². The van der Waals surface area contributed by atoms with Gasteiger partial charge in [0.2, 0.25) is 0 Å². The van der Waals surface area contributed by atoms with Crippen molar-refractivity contribution in [3.8, 4) is 5.75 Å². The minimum atomic E-state index is -2.14. The summed E-state index contributed by atoms with van der Waals surface area (Å²) in [6.07, 6.45) is 0. The largest absolute Gasteiger partial charge is 0.505 e. The Morgan fingerprint density at radius 1 is 1.00 bits per heavy atom. The fraction of sp³-hybridized carbons (Fsp3) is 0. The van der Waals surface area contributed by atoms with E-state index in [0.717, 1.165) is 0 Å². The number of hydrogen-bond donors (Lipinski definition) is 3. The highest BCUT2D eigenvalue weighted by molar-refractivity contribution is 7.79. The molecule has 7 heteroatoms. The molecule has 0 saturated carbocycles. The third-order valence-corrected chi connectivity index (χ3v) is 3.94. The first-order valence-electron chi connectivity index (χ1n) is 6.69. The molecule has 1 atom stereocenters. The second kappa shape index (κ2) is 6.15. The molecule has 0 aromatic heterocycles. The van der Waals surface area contributed by atoms with Crippen molar-refractivity contribution in [2.45, 2.75) is 4.90 Å². The minimum Gasteiger partial charge on any atom is -0.505 e. The molecule has 0 amide bonds. The average molecular weight is 327 g/mol. The Bertz CT molecular complexity index is 927. The molecular weight excluding hydrogens is 314 g/mol. The van der Waals surface area contributed by atoms with Crippen LogP contribution in [0.2, 0.25) is 0 Å². The van der Waals surface area contributed by atoms with Crippen LogP contribution in [0.15, 0.2) is 69.7 Å². The number of nitrogens with two attached hydrogens (primary N) is 1. The summed E-state index contributed by atoms with van der Waals surface area (Å²) in [4.78, 5) is 0.174. The summed E-state index contributed by atoms with van der Waals surface area (Å²) >= 11 is -2.14. The van der Waals surface area contributed by atoms with Crippen molar-refractivity contribution in [2.24, 2.45) is 10.2 Å². The van der Waals surface area contributed by atoms with Gasteiger partial charge in [0, 0.05) is 11.1 Å². The Morgan fingerprint density at radius 2 is 1.74 bits per heavy atom. The number of fused-ring (bicyclic) bond motifs is 1. The topological polar surface area (TPSA) is 108 Å². The predicted molar refractivity (Wildman–Crippen MR) is 89.7 cm³/mol. The number of aromatic hydroxyl groups is 1.